The van der Waals surface area contributed by atoms with Crippen LogP contribution in [0.25, 0.3) is 0 Å². The van der Waals surface area contributed by atoms with Crippen LogP contribution in [-0.2, 0) is 18.4 Å². The van der Waals surface area contributed by atoms with E-state index in [0.717, 1.165) is 57.8 Å². The first-order valence-electron chi connectivity index (χ1n) is 19.2. The molecule has 9 N–H and O–H groups in total. The number of unbranched alkanes of at least 4 members (excludes halogenated alkanes) is 15. The summed E-state index contributed by atoms with van der Waals surface area (Å²) in [6.45, 7) is 3.67. The summed E-state index contributed by atoms with van der Waals surface area (Å²) in [4.78, 5) is 23.2. The Kier molecular flexibility index (Phi) is 26.0. The molecule has 1 aliphatic carbocycles. The molecule has 1 saturated carbocycles. The maximum Gasteiger partial charge on any atom is 0.472 e. The van der Waals surface area contributed by atoms with Crippen LogP contribution in [0.3, 0.4) is 0 Å². The molecule has 1 rings (SSSR count). The number of hydrogen-bond donors (Lipinski definition) is 9. The molecular formula is C36H70NO12P. The third-order valence-electron chi connectivity index (χ3n) is 9.38. The van der Waals surface area contributed by atoms with E-state index in [1.54, 1.807) is 0 Å². The van der Waals surface area contributed by atoms with E-state index in [1.807, 2.05) is 0 Å². The highest BCUT2D eigenvalue weighted by atomic mass is 31.2. The summed E-state index contributed by atoms with van der Waals surface area (Å²) in [6.07, 6.45) is 10.1. The van der Waals surface area contributed by atoms with E-state index in [-0.39, 0.29) is 12.8 Å². The lowest BCUT2D eigenvalue weighted by Crippen LogP contribution is -2.64. The minimum atomic E-state index is -5.10. The number of amides is 1. The van der Waals surface area contributed by atoms with Gasteiger partial charge in [0.25, 0.3) is 0 Å². The predicted octanol–water partition coefficient (Wildman–Crippen LogP) is 4.30. The van der Waals surface area contributed by atoms with Crippen molar-refractivity contribution in [1.82, 2.24) is 5.32 Å². The molecule has 1 fully saturated rings. The van der Waals surface area contributed by atoms with Gasteiger partial charge in [-0.2, -0.15) is 0 Å². The van der Waals surface area contributed by atoms with Crippen molar-refractivity contribution in [2.75, 3.05) is 6.61 Å². The minimum Gasteiger partial charge on any atom is -0.393 e. The highest BCUT2D eigenvalue weighted by Crippen LogP contribution is 2.47. The van der Waals surface area contributed by atoms with Crippen molar-refractivity contribution < 1.29 is 59.0 Å². The van der Waals surface area contributed by atoms with Gasteiger partial charge >= 0.3 is 7.82 Å². The molecule has 8 unspecified atom stereocenters. The monoisotopic (exact) mass is 739 g/mol. The molecule has 0 bridgehead atoms. The van der Waals surface area contributed by atoms with E-state index in [1.165, 1.54) is 51.4 Å². The average molecular weight is 740 g/mol. The Morgan fingerprint density at radius 2 is 1.14 bits per heavy atom. The van der Waals surface area contributed by atoms with Crippen molar-refractivity contribution in [3.8, 4) is 0 Å². The zero-order valence-corrected chi connectivity index (χ0v) is 31.5. The lowest BCUT2D eigenvalue weighted by atomic mass is 9.85. The molecule has 0 heterocycles. The lowest BCUT2D eigenvalue weighted by molar-refractivity contribution is -0.220. The van der Waals surface area contributed by atoms with Crippen molar-refractivity contribution in [2.45, 2.75) is 204 Å². The third-order valence-corrected chi connectivity index (χ3v) is 10.4. The van der Waals surface area contributed by atoms with E-state index in [0.29, 0.717) is 12.8 Å². The highest BCUT2D eigenvalue weighted by Gasteiger charge is 2.51. The maximum atomic E-state index is 12.9. The Morgan fingerprint density at radius 3 is 1.70 bits per heavy atom. The van der Waals surface area contributed by atoms with Crippen LogP contribution in [0.1, 0.15) is 149 Å². The van der Waals surface area contributed by atoms with Crippen molar-refractivity contribution in [2.24, 2.45) is 0 Å². The Balaban J connectivity index is 2.66. The summed E-state index contributed by atoms with van der Waals surface area (Å²) in [5, 5.41) is 74.0. The van der Waals surface area contributed by atoms with E-state index in [4.69, 9.17) is 9.05 Å². The number of aliphatic hydroxyl groups is 7. The van der Waals surface area contributed by atoms with Gasteiger partial charge in [-0.25, -0.2) is 4.57 Å². The van der Waals surface area contributed by atoms with E-state index in [9.17, 15) is 50.0 Å². The van der Waals surface area contributed by atoms with Crippen LogP contribution in [-0.4, -0.2) is 108 Å². The van der Waals surface area contributed by atoms with Crippen molar-refractivity contribution in [3.05, 3.63) is 12.2 Å². The van der Waals surface area contributed by atoms with E-state index >= 15 is 0 Å². The number of phosphoric ester groups is 1. The second-order valence-electron chi connectivity index (χ2n) is 14.0. The third kappa shape index (κ3) is 20.3. The summed E-state index contributed by atoms with van der Waals surface area (Å²) in [6, 6.07) is -1.15. The molecule has 0 aromatic heterocycles. The maximum absolute atomic E-state index is 12.9. The second-order valence-corrected chi connectivity index (χ2v) is 15.4. The smallest absolute Gasteiger partial charge is 0.393 e. The molecule has 14 heteroatoms. The van der Waals surface area contributed by atoms with Crippen LogP contribution in [0.4, 0.5) is 0 Å². The zero-order valence-electron chi connectivity index (χ0n) is 30.6. The van der Waals surface area contributed by atoms with Gasteiger partial charge in [-0.1, -0.05) is 122 Å². The predicted molar refractivity (Wildman–Crippen MR) is 192 cm³/mol. The molecule has 0 aromatic carbocycles. The molecule has 0 radical (unpaired) electrons. The molecule has 1 amide bonds. The van der Waals surface area contributed by atoms with Crippen LogP contribution in [0.5, 0.6) is 0 Å². The van der Waals surface area contributed by atoms with Gasteiger partial charge in [0, 0.05) is 0 Å². The fourth-order valence-electron chi connectivity index (χ4n) is 6.11. The van der Waals surface area contributed by atoms with Gasteiger partial charge in [0.1, 0.15) is 36.6 Å². The SMILES string of the molecule is CCCC/C=C\CCCCCC(O)CC(=O)NC(COP(=O)(O)OC1C(O)C(O)C(O)C(O)C1O)C(O)CCCCCCCCCCCCC. The number of phosphoric acid groups is 1. The number of aliphatic hydroxyl groups excluding tert-OH is 7. The summed E-state index contributed by atoms with van der Waals surface area (Å²) in [5.74, 6) is -0.574. The molecule has 0 saturated heterocycles. The number of rotatable bonds is 30. The lowest BCUT2D eigenvalue weighted by Gasteiger charge is -2.41. The molecule has 0 spiro atoms. The normalized spacial score (nSPS) is 25.7. The van der Waals surface area contributed by atoms with E-state index < -0.39 is 75.2 Å². The van der Waals surface area contributed by atoms with E-state index in [2.05, 4.69) is 31.3 Å². The number of hydrogen-bond acceptors (Lipinski definition) is 11. The summed E-state index contributed by atoms with van der Waals surface area (Å²) in [7, 11) is -5.10. The first-order valence-corrected chi connectivity index (χ1v) is 20.7. The fourth-order valence-corrected chi connectivity index (χ4v) is 7.07. The van der Waals surface area contributed by atoms with Crippen LogP contribution >= 0.6 is 7.82 Å². The van der Waals surface area contributed by atoms with Gasteiger partial charge < -0.3 is 46.0 Å². The molecule has 1 aliphatic rings. The first kappa shape index (κ1) is 47.1. The topological polar surface area (TPSA) is 226 Å². The summed E-state index contributed by atoms with van der Waals surface area (Å²) < 4.78 is 22.7. The van der Waals surface area contributed by atoms with Gasteiger partial charge in [-0.3, -0.25) is 13.8 Å². The Hall–Kier alpha value is -0.960. The Labute approximate surface area is 300 Å². The zero-order chi connectivity index (χ0) is 37.4. The number of carbonyl (C=O) groups is 1. The van der Waals surface area contributed by atoms with Crippen LogP contribution < -0.4 is 5.32 Å². The average Bonchev–Trinajstić information content (AvgIpc) is 3.08. The Morgan fingerprint density at radius 1 is 0.680 bits per heavy atom. The molecule has 296 valence electrons. The standard InChI is InChI=1S/C36H70NO12P/c1-3-5-7-9-11-13-14-16-18-20-22-24-29(39)28(37-30(40)25-27(38)23-21-19-17-15-12-10-8-6-4-2)26-48-50(46,47)49-36-34(44)32(42)31(41)33(43)35(36)45/h10,12,27-29,31-36,38-39,41-45H,3-9,11,13-26H2,1-2H3,(H,37,40)(H,46,47)/b12-10-. The quantitative estimate of drug-likeness (QED) is 0.0286. The van der Waals surface area contributed by atoms with Crippen LogP contribution in [0, 0.1) is 0 Å². The van der Waals surface area contributed by atoms with Crippen molar-refractivity contribution >= 4 is 13.7 Å². The fraction of sp³-hybridized carbons (Fsp3) is 0.917. The van der Waals surface area contributed by atoms with Crippen molar-refractivity contribution in [1.29, 1.82) is 0 Å². The largest absolute Gasteiger partial charge is 0.472 e. The molecule has 0 aromatic rings. The van der Waals surface area contributed by atoms with Crippen LogP contribution in [0.2, 0.25) is 0 Å². The number of carbonyl (C=O) groups excluding carboxylic acids is 1. The van der Waals surface area contributed by atoms with Crippen LogP contribution in [0.15, 0.2) is 12.2 Å². The number of allylic oxidation sites excluding steroid dienone is 2. The first-order chi connectivity index (χ1) is 23.8. The van der Waals surface area contributed by atoms with Gasteiger partial charge in [-0.15, -0.1) is 0 Å². The molecular weight excluding hydrogens is 669 g/mol. The minimum absolute atomic E-state index is 0.232. The molecule has 50 heavy (non-hydrogen) atoms. The summed E-state index contributed by atoms with van der Waals surface area (Å²) in [5.41, 5.74) is 0. The highest BCUT2D eigenvalue weighted by molar-refractivity contribution is 7.47. The molecule has 13 nitrogen and oxygen atoms in total. The molecule has 8 atom stereocenters. The van der Waals surface area contributed by atoms with Crippen molar-refractivity contribution in [3.63, 3.8) is 0 Å². The Bertz CT molecular complexity index is 927. The van der Waals surface area contributed by atoms with Gasteiger partial charge in [-0.05, 0) is 32.1 Å². The number of nitrogens with one attached hydrogen (secondary N) is 1. The van der Waals surface area contributed by atoms with Gasteiger partial charge in [0.15, 0.2) is 0 Å². The molecule has 0 aliphatic heterocycles. The van der Waals surface area contributed by atoms with Gasteiger partial charge in [0.05, 0.1) is 31.3 Å². The summed E-state index contributed by atoms with van der Waals surface area (Å²) >= 11 is 0. The second kappa shape index (κ2) is 27.6. The van der Waals surface area contributed by atoms with Gasteiger partial charge in [0.2, 0.25) is 5.91 Å².